The van der Waals surface area contributed by atoms with Gasteiger partial charge in [0.2, 0.25) is 0 Å². The van der Waals surface area contributed by atoms with Gasteiger partial charge < -0.3 is 10.0 Å². The largest absolute Gasteiger partial charge is 0.481 e. The topological polar surface area (TPSA) is 57.6 Å². The Morgan fingerprint density at radius 3 is 2.89 bits per heavy atom. The number of nitrogens with zero attached hydrogens (tertiary/aromatic N) is 1. The van der Waals surface area contributed by atoms with Crippen LogP contribution >= 0.6 is 11.3 Å². The maximum Gasteiger partial charge on any atom is 0.303 e. The number of carbonyl (C=O) groups excluding carboxylic acids is 1. The van der Waals surface area contributed by atoms with E-state index < -0.39 is 5.97 Å². The van der Waals surface area contributed by atoms with Crippen molar-refractivity contribution < 1.29 is 14.7 Å². The highest BCUT2D eigenvalue weighted by Gasteiger charge is 2.26. The maximum absolute atomic E-state index is 12.3. The van der Waals surface area contributed by atoms with Crippen LogP contribution in [0.3, 0.4) is 0 Å². The van der Waals surface area contributed by atoms with Crippen LogP contribution < -0.4 is 0 Å². The number of aliphatic carboxylic acids is 1. The average Bonchev–Trinajstić information content (AvgIpc) is 2.74. The third kappa shape index (κ3) is 2.90. The van der Waals surface area contributed by atoms with Gasteiger partial charge in [-0.1, -0.05) is 0 Å². The van der Waals surface area contributed by atoms with Gasteiger partial charge >= 0.3 is 5.97 Å². The number of thiophene rings is 1. The van der Waals surface area contributed by atoms with Crippen LogP contribution in [0.1, 0.15) is 35.2 Å². The van der Waals surface area contributed by atoms with Crippen molar-refractivity contribution in [2.45, 2.75) is 26.2 Å². The van der Waals surface area contributed by atoms with Gasteiger partial charge in [0.25, 0.3) is 5.91 Å². The highest BCUT2D eigenvalue weighted by molar-refractivity contribution is 7.08. The van der Waals surface area contributed by atoms with Gasteiger partial charge in [-0.05, 0) is 36.6 Å². The fraction of sp³-hybridized carbons (Fsp3) is 0.538. The Balaban J connectivity index is 2.03. The fourth-order valence-corrected chi connectivity index (χ4v) is 3.23. The Morgan fingerprint density at radius 1 is 1.50 bits per heavy atom. The van der Waals surface area contributed by atoms with Gasteiger partial charge in [0.15, 0.2) is 0 Å². The quantitative estimate of drug-likeness (QED) is 0.914. The van der Waals surface area contributed by atoms with Crippen LogP contribution in [0.4, 0.5) is 0 Å². The maximum atomic E-state index is 12.3. The standard InChI is InChI=1S/C13H17NO3S/c1-9-7-18-8-11(9)13(17)14-4-2-3-10(6-14)5-12(15)16/h7-8,10H,2-6H2,1H3,(H,15,16). The highest BCUT2D eigenvalue weighted by atomic mass is 32.1. The van der Waals surface area contributed by atoms with Gasteiger partial charge in [0.1, 0.15) is 0 Å². The molecule has 1 aromatic rings. The zero-order valence-electron chi connectivity index (χ0n) is 10.4. The van der Waals surface area contributed by atoms with Gasteiger partial charge in [0.05, 0.1) is 5.56 Å². The number of hydrogen-bond acceptors (Lipinski definition) is 3. The van der Waals surface area contributed by atoms with E-state index in [1.807, 2.05) is 17.7 Å². The summed E-state index contributed by atoms with van der Waals surface area (Å²) in [7, 11) is 0. The van der Waals surface area contributed by atoms with Crippen LogP contribution in [-0.4, -0.2) is 35.0 Å². The molecule has 18 heavy (non-hydrogen) atoms. The molecule has 2 heterocycles. The number of aryl methyl sites for hydroxylation is 1. The SMILES string of the molecule is Cc1cscc1C(=O)N1CCCC(CC(=O)O)C1. The van der Waals surface area contributed by atoms with Gasteiger partial charge in [-0.2, -0.15) is 11.3 Å². The first kappa shape index (κ1) is 13.1. The molecular formula is C13H17NO3S. The summed E-state index contributed by atoms with van der Waals surface area (Å²) < 4.78 is 0. The van der Waals surface area contributed by atoms with Crippen LogP contribution in [0.2, 0.25) is 0 Å². The smallest absolute Gasteiger partial charge is 0.303 e. The lowest BCUT2D eigenvalue weighted by Gasteiger charge is -2.32. The van der Waals surface area contributed by atoms with Crippen molar-refractivity contribution in [3.05, 3.63) is 21.9 Å². The summed E-state index contributed by atoms with van der Waals surface area (Å²) in [6, 6.07) is 0. The van der Waals surface area contributed by atoms with E-state index in [-0.39, 0.29) is 18.2 Å². The summed E-state index contributed by atoms with van der Waals surface area (Å²) in [5.74, 6) is -0.635. The first-order chi connectivity index (χ1) is 8.58. The van der Waals surface area contributed by atoms with Gasteiger partial charge in [-0.25, -0.2) is 0 Å². The summed E-state index contributed by atoms with van der Waals surface area (Å²) in [4.78, 5) is 24.8. The molecule has 1 unspecified atom stereocenters. The van der Waals surface area contributed by atoms with Crippen LogP contribution in [0.5, 0.6) is 0 Å². The van der Waals surface area contributed by atoms with Crippen molar-refractivity contribution in [1.82, 2.24) is 4.90 Å². The lowest BCUT2D eigenvalue weighted by Crippen LogP contribution is -2.40. The number of likely N-dealkylation sites (tertiary alicyclic amines) is 1. The fourth-order valence-electron chi connectivity index (χ4n) is 2.41. The Hall–Kier alpha value is -1.36. The van der Waals surface area contributed by atoms with Crippen LogP contribution in [0, 0.1) is 12.8 Å². The minimum absolute atomic E-state index is 0.0452. The zero-order chi connectivity index (χ0) is 13.1. The van der Waals surface area contributed by atoms with Crippen LogP contribution in [0.15, 0.2) is 10.8 Å². The molecule has 1 atom stereocenters. The van der Waals surface area contributed by atoms with E-state index in [2.05, 4.69) is 0 Å². The highest BCUT2D eigenvalue weighted by Crippen LogP contribution is 2.23. The summed E-state index contributed by atoms with van der Waals surface area (Å²) >= 11 is 1.53. The molecule has 1 aromatic heterocycles. The number of piperidine rings is 1. The number of carbonyl (C=O) groups is 2. The van der Waals surface area contributed by atoms with E-state index in [4.69, 9.17) is 5.11 Å². The average molecular weight is 267 g/mol. The molecule has 0 saturated carbocycles. The lowest BCUT2D eigenvalue weighted by atomic mass is 9.94. The van der Waals surface area contributed by atoms with Gasteiger partial charge in [0, 0.05) is 24.9 Å². The predicted molar refractivity (Wildman–Crippen MR) is 69.9 cm³/mol. The molecular weight excluding hydrogens is 250 g/mol. The lowest BCUT2D eigenvalue weighted by molar-refractivity contribution is -0.138. The number of hydrogen-bond donors (Lipinski definition) is 1. The third-order valence-electron chi connectivity index (χ3n) is 3.36. The molecule has 1 aliphatic rings. The summed E-state index contributed by atoms with van der Waals surface area (Å²) in [5, 5.41) is 12.7. The molecule has 4 nitrogen and oxygen atoms in total. The van der Waals surface area contributed by atoms with E-state index in [0.717, 1.165) is 30.5 Å². The van der Waals surface area contributed by atoms with Crippen molar-refractivity contribution in [3.63, 3.8) is 0 Å². The Morgan fingerprint density at radius 2 is 2.28 bits per heavy atom. The Bertz CT molecular complexity index is 455. The second-order valence-corrected chi connectivity index (χ2v) is 5.57. The van der Waals surface area contributed by atoms with E-state index in [1.165, 1.54) is 11.3 Å². The molecule has 1 saturated heterocycles. The first-order valence-corrected chi connectivity index (χ1v) is 7.06. The van der Waals surface area contributed by atoms with Crippen molar-refractivity contribution in [2.24, 2.45) is 5.92 Å². The monoisotopic (exact) mass is 267 g/mol. The molecule has 1 fully saturated rings. The minimum Gasteiger partial charge on any atom is -0.481 e. The molecule has 0 aromatic carbocycles. The van der Waals surface area contributed by atoms with Crippen molar-refractivity contribution in [1.29, 1.82) is 0 Å². The second-order valence-electron chi connectivity index (χ2n) is 4.83. The van der Waals surface area contributed by atoms with E-state index >= 15 is 0 Å². The number of carboxylic acid groups (broad SMARTS) is 1. The molecule has 0 radical (unpaired) electrons. The summed E-state index contributed by atoms with van der Waals surface area (Å²) in [5.41, 5.74) is 1.77. The van der Waals surface area contributed by atoms with Crippen LogP contribution in [0.25, 0.3) is 0 Å². The predicted octanol–water partition coefficient (Wildman–Crippen LogP) is 2.38. The number of rotatable bonds is 3. The Kier molecular flexibility index (Phi) is 4.01. The van der Waals surface area contributed by atoms with Crippen molar-refractivity contribution in [3.8, 4) is 0 Å². The molecule has 0 spiro atoms. The molecule has 1 N–H and O–H groups in total. The second kappa shape index (κ2) is 5.52. The van der Waals surface area contributed by atoms with Crippen LogP contribution in [-0.2, 0) is 4.79 Å². The Labute approximate surface area is 110 Å². The normalized spacial score (nSPS) is 19.8. The number of carboxylic acids is 1. The molecule has 2 rings (SSSR count). The van der Waals surface area contributed by atoms with E-state index in [0.29, 0.717) is 6.54 Å². The van der Waals surface area contributed by atoms with Gasteiger partial charge in [-0.3, -0.25) is 9.59 Å². The summed E-state index contributed by atoms with van der Waals surface area (Å²) in [6.45, 7) is 3.24. The number of amides is 1. The molecule has 1 aliphatic heterocycles. The molecule has 0 aliphatic carbocycles. The molecule has 1 amide bonds. The molecule has 98 valence electrons. The summed E-state index contributed by atoms with van der Waals surface area (Å²) in [6.07, 6.45) is 1.96. The third-order valence-corrected chi connectivity index (χ3v) is 4.22. The van der Waals surface area contributed by atoms with E-state index in [9.17, 15) is 9.59 Å². The van der Waals surface area contributed by atoms with Gasteiger partial charge in [-0.15, -0.1) is 0 Å². The first-order valence-electron chi connectivity index (χ1n) is 6.11. The molecule has 5 heteroatoms. The minimum atomic E-state index is -0.777. The molecule has 0 bridgehead atoms. The van der Waals surface area contributed by atoms with E-state index in [1.54, 1.807) is 4.90 Å². The van der Waals surface area contributed by atoms with Crippen molar-refractivity contribution >= 4 is 23.2 Å². The van der Waals surface area contributed by atoms with Crippen molar-refractivity contribution in [2.75, 3.05) is 13.1 Å². The zero-order valence-corrected chi connectivity index (χ0v) is 11.2.